The lowest BCUT2D eigenvalue weighted by Gasteiger charge is -2.19. The van der Waals surface area contributed by atoms with Crippen molar-refractivity contribution in [1.82, 2.24) is 5.32 Å². The van der Waals surface area contributed by atoms with Crippen LogP contribution in [0.15, 0.2) is 54.6 Å². The number of alkyl halides is 3. The maximum absolute atomic E-state index is 11.3. The van der Waals surface area contributed by atoms with E-state index in [1.165, 1.54) is 0 Å². The lowest BCUT2D eigenvalue weighted by atomic mass is 10.0. The summed E-state index contributed by atoms with van der Waals surface area (Å²) in [6.45, 7) is 0.422. The first-order valence-electron chi connectivity index (χ1n) is 10.1. The molecule has 5 N–H and O–H groups in total. The fraction of sp³-hybridized carbons (Fsp3) is 0.364. The molecular weight excluding hydrogens is 456 g/mol. The average molecular weight is 482 g/mol. The fourth-order valence-corrected chi connectivity index (χ4v) is 2.49. The summed E-state index contributed by atoms with van der Waals surface area (Å²) in [5, 5.41) is 32.6. The number of anilines is 1. The number of benzene rings is 2. The molecule has 34 heavy (non-hydrogen) atoms. The SMILES string of the molecule is O=C(O)C(F)(F)F.[B]CC(=O)Nc1ccc(C[C@@H](CO)NC[C@H](O)COc2ccccc2)cc1. The van der Waals surface area contributed by atoms with Crippen molar-refractivity contribution in [3.63, 3.8) is 0 Å². The number of para-hydroxylation sites is 1. The van der Waals surface area contributed by atoms with Gasteiger partial charge in [0, 0.05) is 18.3 Å². The topological polar surface area (TPSA) is 128 Å². The normalized spacial score (nSPS) is 12.6. The summed E-state index contributed by atoms with van der Waals surface area (Å²) in [5.41, 5.74) is 1.68. The highest BCUT2D eigenvalue weighted by Crippen LogP contribution is 2.13. The van der Waals surface area contributed by atoms with E-state index in [-0.39, 0.29) is 31.5 Å². The molecule has 2 atom stereocenters. The molecule has 0 heterocycles. The van der Waals surface area contributed by atoms with Gasteiger partial charge in [-0.05, 0) is 42.6 Å². The molecule has 1 amide bonds. The Labute approximate surface area is 196 Å². The van der Waals surface area contributed by atoms with Gasteiger partial charge in [-0.3, -0.25) is 4.79 Å². The predicted octanol–water partition coefficient (Wildman–Crippen LogP) is 1.78. The molecule has 0 saturated carbocycles. The summed E-state index contributed by atoms with van der Waals surface area (Å²) in [7, 11) is 5.27. The highest BCUT2D eigenvalue weighted by molar-refractivity contribution is 6.22. The van der Waals surface area contributed by atoms with Crippen molar-refractivity contribution in [3.05, 3.63) is 60.2 Å². The van der Waals surface area contributed by atoms with Gasteiger partial charge in [0.25, 0.3) is 0 Å². The number of rotatable bonds is 11. The zero-order chi connectivity index (χ0) is 25.6. The maximum atomic E-state index is 11.3. The smallest absolute Gasteiger partial charge is 0.490 e. The van der Waals surface area contributed by atoms with E-state index >= 15 is 0 Å². The lowest BCUT2D eigenvalue weighted by Crippen LogP contribution is -2.41. The Kier molecular flexibility index (Phi) is 12.7. The van der Waals surface area contributed by atoms with Gasteiger partial charge in [-0.15, -0.1) is 0 Å². The number of nitrogens with one attached hydrogen (secondary N) is 2. The van der Waals surface area contributed by atoms with Crippen LogP contribution in [-0.4, -0.2) is 73.1 Å². The van der Waals surface area contributed by atoms with Crippen molar-refractivity contribution in [2.45, 2.75) is 31.1 Å². The predicted molar refractivity (Wildman–Crippen MR) is 120 cm³/mol. The number of aliphatic hydroxyl groups excluding tert-OH is 2. The van der Waals surface area contributed by atoms with Crippen LogP contribution < -0.4 is 15.4 Å². The van der Waals surface area contributed by atoms with Crippen LogP contribution in [-0.2, 0) is 16.0 Å². The van der Waals surface area contributed by atoms with E-state index in [9.17, 15) is 28.2 Å². The van der Waals surface area contributed by atoms with E-state index in [0.717, 1.165) is 5.56 Å². The van der Waals surface area contributed by atoms with Crippen LogP contribution in [0.4, 0.5) is 18.9 Å². The number of carboxylic acids is 1. The first-order valence-corrected chi connectivity index (χ1v) is 10.1. The maximum Gasteiger partial charge on any atom is 0.490 e. The number of aliphatic carboxylic acids is 1. The van der Waals surface area contributed by atoms with Gasteiger partial charge in [0.05, 0.1) is 14.5 Å². The molecule has 0 bridgehead atoms. The van der Waals surface area contributed by atoms with Gasteiger partial charge in [-0.2, -0.15) is 13.2 Å². The molecule has 0 aromatic heterocycles. The highest BCUT2D eigenvalue weighted by Gasteiger charge is 2.38. The molecular formula is C22H26BF3N2O6. The minimum atomic E-state index is -5.08. The van der Waals surface area contributed by atoms with Gasteiger partial charge in [0.2, 0.25) is 5.91 Å². The average Bonchev–Trinajstić information content (AvgIpc) is 2.81. The van der Waals surface area contributed by atoms with Crippen molar-refractivity contribution < 1.29 is 42.8 Å². The second-order valence-corrected chi connectivity index (χ2v) is 7.02. The number of halogens is 3. The zero-order valence-corrected chi connectivity index (χ0v) is 18.2. The van der Waals surface area contributed by atoms with Crippen LogP contribution in [0, 0.1) is 0 Å². The van der Waals surface area contributed by atoms with Crippen LogP contribution >= 0.6 is 0 Å². The molecule has 0 unspecified atom stereocenters. The summed E-state index contributed by atoms with van der Waals surface area (Å²) in [6, 6.07) is 16.4. The highest BCUT2D eigenvalue weighted by atomic mass is 19.4. The van der Waals surface area contributed by atoms with E-state index in [1.807, 2.05) is 42.5 Å². The standard InChI is InChI=1S/C20H25BN2O4.C2HF3O2/c21-11-20(26)23-16-8-6-15(7-9-16)10-17(13-24)22-12-18(25)14-27-19-4-2-1-3-5-19;3-2(4,5)1(6)7/h1-9,17-18,22,24-25H,10-14H2,(H,23,26);(H,6,7)/t17-,18-;/m0./s1. The molecule has 0 saturated heterocycles. The Balaban J connectivity index is 0.000000718. The Bertz CT molecular complexity index is 869. The third-order valence-corrected chi connectivity index (χ3v) is 4.20. The molecule has 2 aromatic carbocycles. The van der Waals surface area contributed by atoms with Gasteiger partial charge in [0.1, 0.15) is 18.5 Å². The lowest BCUT2D eigenvalue weighted by molar-refractivity contribution is -0.192. The summed E-state index contributed by atoms with van der Waals surface area (Å²) in [5.74, 6) is -2.30. The van der Waals surface area contributed by atoms with E-state index in [1.54, 1.807) is 12.1 Å². The molecule has 0 aliphatic rings. The quantitative estimate of drug-likeness (QED) is 0.309. The third-order valence-electron chi connectivity index (χ3n) is 4.20. The molecule has 0 aliphatic carbocycles. The largest absolute Gasteiger partial charge is 0.491 e. The molecule has 8 nitrogen and oxygen atoms in total. The van der Waals surface area contributed by atoms with Gasteiger partial charge >= 0.3 is 12.1 Å². The molecule has 2 radical (unpaired) electrons. The monoisotopic (exact) mass is 482 g/mol. The summed E-state index contributed by atoms with van der Waals surface area (Å²) in [6.07, 6.45) is -5.24. The number of carbonyl (C=O) groups is 2. The number of aliphatic hydroxyl groups is 2. The molecule has 0 fully saturated rings. The molecule has 0 aliphatic heterocycles. The first-order chi connectivity index (χ1) is 16.0. The van der Waals surface area contributed by atoms with Crippen LogP contribution in [0.2, 0.25) is 6.32 Å². The minimum absolute atomic E-state index is 0.0576. The van der Waals surface area contributed by atoms with Gasteiger partial charge < -0.3 is 30.7 Å². The van der Waals surface area contributed by atoms with Crippen LogP contribution in [0.1, 0.15) is 5.56 Å². The Morgan fingerprint density at radius 3 is 2.15 bits per heavy atom. The van der Waals surface area contributed by atoms with Crippen LogP contribution in [0.25, 0.3) is 0 Å². The second kappa shape index (κ2) is 14.9. The number of carboxylic acid groups (broad SMARTS) is 1. The third kappa shape index (κ3) is 12.2. The number of ether oxygens (including phenoxy) is 1. The minimum Gasteiger partial charge on any atom is -0.491 e. The number of hydrogen-bond donors (Lipinski definition) is 5. The molecule has 184 valence electrons. The fourth-order valence-electron chi connectivity index (χ4n) is 2.49. The van der Waals surface area contributed by atoms with Crippen molar-refractivity contribution >= 4 is 25.4 Å². The van der Waals surface area contributed by atoms with Gasteiger partial charge in [-0.1, -0.05) is 30.3 Å². The first kappa shape index (κ1) is 28.9. The van der Waals surface area contributed by atoms with Crippen LogP contribution in [0.5, 0.6) is 5.75 Å². The van der Waals surface area contributed by atoms with Crippen molar-refractivity contribution in [2.75, 3.05) is 25.1 Å². The zero-order valence-electron chi connectivity index (χ0n) is 18.2. The van der Waals surface area contributed by atoms with Crippen molar-refractivity contribution in [2.24, 2.45) is 0 Å². The van der Waals surface area contributed by atoms with Crippen molar-refractivity contribution in [3.8, 4) is 5.75 Å². The molecule has 0 spiro atoms. The number of amides is 1. The summed E-state index contributed by atoms with van der Waals surface area (Å²) in [4.78, 5) is 20.2. The van der Waals surface area contributed by atoms with Gasteiger partial charge in [0.15, 0.2) is 0 Å². The van der Waals surface area contributed by atoms with Crippen LogP contribution in [0.3, 0.4) is 0 Å². The summed E-state index contributed by atoms with van der Waals surface area (Å²) >= 11 is 0. The van der Waals surface area contributed by atoms with E-state index in [2.05, 4.69) is 10.6 Å². The summed E-state index contributed by atoms with van der Waals surface area (Å²) < 4.78 is 37.2. The Morgan fingerprint density at radius 2 is 1.65 bits per heavy atom. The van der Waals surface area contributed by atoms with Crippen molar-refractivity contribution in [1.29, 1.82) is 0 Å². The van der Waals surface area contributed by atoms with E-state index in [0.29, 0.717) is 24.4 Å². The number of carbonyl (C=O) groups excluding carboxylic acids is 1. The molecule has 2 rings (SSSR count). The molecule has 2 aromatic rings. The Hall–Kier alpha value is -3.09. The molecule has 12 heteroatoms. The Morgan fingerprint density at radius 1 is 1.06 bits per heavy atom. The second-order valence-electron chi connectivity index (χ2n) is 7.02. The van der Waals surface area contributed by atoms with E-state index < -0.39 is 18.2 Å². The van der Waals surface area contributed by atoms with E-state index in [4.69, 9.17) is 22.5 Å². The number of hydrogen-bond acceptors (Lipinski definition) is 6. The van der Waals surface area contributed by atoms with Gasteiger partial charge in [-0.25, -0.2) is 4.79 Å².